The molecule has 0 radical (unpaired) electrons. The van der Waals surface area contributed by atoms with E-state index in [1.54, 1.807) is 10.5 Å². The average Bonchev–Trinajstić information content (AvgIpc) is 2.54. The van der Waals surface area contributed by atoms with Gasteiger partial charge in [-0.3, -0.25) is 0 Å². The third-order valence-corrected chi connectivity index (χ3v) is 5.52. The summed E-state index contributed by atoms with van der Waals surface area (Å²) < 4.78 is 25.2. The number of pyridine rings is 2. The molecule has 1 atom stereocenters. The minimum Gasteiger partial charge on any atom is -0.325 e. The van der Waals surface area contributed by atoms with E-state index in [-0.39, 0.29) is 5.92 Å². The maximum Gasteiger partial charge on any atom is 0.211 e. The number of sulfonamides is 1. The Labute approximate surface area is 143 Å². The largest absolute Gasteiger partial charge is 0.325 e. The first-order valence-corrected chi connectivity index (χ1v) is 9.88. The third-order valence-electron chi connectivity index (χ3n) is 4.25. The average molecular weight is 346 g/mol. The first kappa shape index (κ1) is 16.9. The number of nitrogens with one attached hydrogen (secondary N) is 1. The Morgan fingerprint density at radius 3 is 2.83 bits per heavy atom. The molecule has 1 N–H and O–H groups in total. The Morgan fingerprint density at radius 2 is 2.08 bits per heavy atom. The van der Waals surface area contributed by atoms with Crippen LogP contribution < -0.4 is 5.32 Å². The van der Waals surface area contributed by atoms with E-state index in [1.165, 1.54) is 6.26 Å². The van der Waals surface area contributed by atoms with E-state index in [2.05, 4.69) is 15.3 Å². The van der Waals surface area contributed by atoms with Gasteiger partial charge < -0.3 is 5.32 Å². The molecular formula is C17H22N4O2S. The molecule has 0 amide bonds. The van der Waals surface area contributed by atoms with E-state index in [9.17, 15) is 8.42 Å². The van der Waals surface area contributed by atoms with Gasteiger partial charge in [0.2, 0.25) is 10.0 Å². The number of aryl methyl sites for hydroxylation is 1. The lowest BCUT2D eigenvalue weighted by molar-refractivity contribution is 0.317. The minimum absolute atomic E-state index is 0.197. The van der Waals surface area contributed by atoms with Crippen molar-refractivity contribution in [1.82, 2.24) is 14.3 Å². The molecule has 24 heavy (non-hydrogen) atoms. The number of rotatable bonds is 4. The van der Waals surface area contributed by atoms with Crippen LogP contribution in [0.1, 0.15) is 30.0 Å². The van der Waals surface area contributed by atoms with Gasteiger partial charge in [-0.15, -0.1) is 0 Å². The van der Waals surface area contributed by atoms with Crippen molar-refractivity contribution in [2.45, 2.75) is 25.7 Å². The van der Waals surface area contributed by atoms with E-state index in [0.29, 0.717) is 13.1 Å². The second-order valence-electron chi connectivity index (χ2n) is 6.22. The van der Waals surface area contributed by atoms with Gasteiger partial charge in [0.1, 0.15) is 11.6 Å². The van der Waals surface area contributed by atoms with Gasteiger partial charge in [0, 0.05) is 25.0 Å². The van der Waals surface area contributed by atoms with Crippen LogP contribution in [0.3, 0.4) is 0 Å². The molecule has 2 aromatic rings. The molecule has 1 aliphatic rings. The number of anilines is 2. The van der Waals surface area contributed by atoms with Crippen molar-refractivity contribution in [2.75, 3.05) is 24.7 Å². The van der Waals surface area contributed by atoms with E-state index >= 15 is 0 Å². The zero-order chi connectivity index (χ0) is 17.2. The van der Waals surface area contributed by atoms with Crippen molar-refractivity contribution < 1.29 is 8.42 Å². The fraction of sp³-hybridized carbons (Fsp3) is 0.412. The second-order valence-corrected chi connectivity index (χ2v) is 8.21. The maximum atomic E-state index is 11.8. The summed E-state index contributed by atoms with van der Waals surface area (Å²) >= 11 is 0. The lowest BCUT2D eigenvalue weighted by atomic mass is 9.92. The zero-order valence-corrected chi connectivity index (χ0v) is 14.8. The van der Waals surface area contributed by atoms with Gasteiger partial charge in [-0.05, 0) is 55.5 Å². The molecule has 7 heteroatoms. The molecule has 0 unspecified atom stereocenters. The summed E-state index contributed by atoms with van der Waals surface area (Å²) in [6.45, 7) is 3.08. The molecule has 6 nitrogen and oxygen atoms in total. The summed E-state index contributed by atoms with van der Waals surface area (Å²) in [5.41, 5.74) is 2.04. The van der Waals surface area contributed by atoms with Gasteiger partial charge in [0.25, 0.3) is 0 Å². The highest BCUT2D eigenvalue weighted by Gasteiger charge is 2.26. The summed E-state index contributed by atoms with van der Waals surface area (Å²) in [5, 5.41) is 3.21. The van der Waals surface area contributed by atoms with Crippen LogP contribution in [0.4, 0.5) is 11.6 Å². The van der Waals surface area contributed by atoms with E-state index < -0.39 is 10.0 Å². The molecule has 3 heterocycles. The lowest BCUT2D eigenvalue weighted by Crippen LogP contribution is -2.38. The van der Waals surface area contributed by atoms with Crippen LogP contribution in [-0.2, 0) is 10.0 Å². The molecule has 1 saturated heterocycles. The Hall–Kier alpha value is -1.99. The fourth-order valence-electron chi connectivity index (χ4n) is 3.03. The monoisotopic (exact) mass is 346 g/mol. The number of nitrogens with zero attached hydrogens (tertiary/aromatic N) is 3. The van der Waals surface area contributed by atoms with Gasteiger partial charge in [-0.1, -0.05) is 6.07 Å². The fourth-order valence-corrected chi connectivity index (χ4v) is 3.94. The molecular weight excluding hydrogens is 324 g/mol. The van der Waals surface area contributed by atoms with Crippen LogP contribution in [-0.4, -0.2) is 42.0 Å². The molecule has 0 saturated carbocycles. The first-order chi connectivity index (χ1) is 11.4. The van der Waals surface area contributed by atoms with E-state index in [1.807, 2.05) is 37.3 Å². The SMILES string of the molecule is Cc1cccc(Nc2cc([C@H]3CCCN(S(C)(=O)=O)C3)ccn2)n1. The highest BCUT2D eigenvalue weighted by molar-refractivity contribution is 7.88. The van der Waals surface area contributed by atoms with Crippen LogP contribution in [0.25, 0.3) is 0 Å². The molecule has 128 valence electrons. The van der Waals surface area contributed by atoms with Crippen molar-refractivity contribution in [3.8, 4) is 0 Å². The smallest absolute Gasteiger partial charge is 0.211 e. The molecule has 1 aliphatic heterocycles. The Morgan fingerprint density at radius 1 is 1.25 bits per heavy atom. The normalized spacial score (nSPS) is 19.2. The number of hydrogen-bond acceptors (Lipinski definition) is 5. The summed E-state index contributed by atoms with van der Waals surface area (Å²) in [6.07, 6.45) is 4.89. The van der Waals surface area contributed by atoms with Crippen LogP contribution in [0, 0.1) is 6.92 Å². The van der Waals surface area contributed by atoms with Crippen LogP contribution in [0.2, 0.25) is 0 Å². The highest BCUT2D eigenvalue weighted by Crippen LogP contribution is 2.29. The Bertz CT molecular complexity index is 823. The summed E-state index contributed by atoms with van der Waals surface area (Å²) in [6, 6.07) is 9.73. The van der Waals surface area contributed by atoms with Crippen LogP contribution >= 0.6 is 0 Å². The summed E-state index contributed by atoms with van der Waals surface area (Å²) in [7, 11) is -3.14. The van der Waals surface area contributed by atoms with Crippen molar-refractivity contribution >= 4 is 21.7 Å². The number of aromatic nitrogens is 2. The third kappa shape index (κ3) is 4.10. The zero-order valence-electron chi connectivity index (χ0n) is 13.9. The lowest BCUT2D eigenvalue weighted by Gasteiger charge is -2.31. The molecule has 0 aliphatic carbocycles. The first-order valence-electron chi connectivity index (χ1n) is 8.03. The van der Waals surface area contributed by atoms with Crippen molar-refractivity contribution in [2.24, 2.45) is 0 Å². The van der Waals surface area contributed by atoms with Crippen molar-refractivity contribution in [1.29, 1.82) is 0 Å². The van der Waals surface area contributed by atoms with Gasteiger partial charge in [0.15, 0.2) is 0 Å². The van der Waals surface area contributed by atoms with Gasteiger partial charge in [0.05, 0.1) is 6.26 Å². The summed E-state index contributed by atoms with van der Waals surface area (Å²) in [5.74, 6) is 1.67. The van der Waals surface area contributed by atoms with Crippen molar-refractivity contribution in [3.05, 3.63) is 47.8 Å². The van der Waals surface area contributed by atoms with Crippen molar-refractivity contribution in [3.63, 3.8) is 0 Å². The van der Waals surface area contributed by atoms with Gasteiger partial charge in [-0.2, -0.15) is 0 Å². The van der Waals surface area contributed by atoms with E-state index in [0.717, 1.165) is 35.7 Å². The Kier molecular flexibility index (Phi) is 4.82. The van der Waals surface area contributed by atoms with Crippen LogP contribution in [0.5, 0.6) is 0 Å². The molecule has 0 aromatic carbocycles. The topological polar surface area (TPSA) is 75.2 Å². The standard InChI is InChI=1S/C17H22N4O2S/c1-13-5-3-7-16(19-13)20-17-11-14(8-9-18-17)15-6-4-10-21(12-15)24(2,22)23/h3,5,7-9,11,15H,4,6,10,12H2,1-2H3,(H,18,19,20)/t15-/m0/s1. The molecule has 3 rings (SSSR count). The predicted molar refractivity (Wildman–Crippen MR) is 94.9 cm³/mol. The van der Waals surface area contributed by atoms with Gasteiger partial charge in [-0.25, -0.2) is 22.7 Å². The maximum absolute atomic E-state index is 11.8. The highest BCUT2D eigenvalue weighted by atomic mass is 32.2. The molecule has 2 aromatic heterocycles. The van der Waals surface area contributed by atoms with E-state index in [4.69, 9.17) is 0 Å². The Balaban J connectivity index is 1.77. The predicted octanol–water partition coefficient (Wildman–Crippen LogP) is 2.67. The molecule has 0 spiro atoms. The minimum atomic E-state index is -3.14. The quantitative estimate of drug-likeness (QED) is 0.921. The second kappa shape index (κ2) is 6.86. The molecule has 0 bridgehead atoms. The van der Waals surface area contributed by atoms with Crippen LogP contribution in [0.15, 0.2) is 36.5 Å². The summed E-state index contributed by atoms with van der Waals surface area (Å²) in [4.78, 5) is 8.76. The van der Waals surface area contributed by atoms with Gasteiger partial charge >= 0.3 is 0 Å². The number of piperidine rings is 1. The number of hydrogen-bond donors (Lipinski definition) is 1. The molecule has 1 fully saturated rings.